The fourth-order valence-electron chi connectivity index (χ4n) is 2.41. The SMILES string of the molecule is COc1ccc(Cl)cc1CC(=O)N1CC[C@H](CN)C1. The molecule has 0 radical (unpaired) electrons. The third kappa shape index (κ3) is 3.39. The number of methoxy groups -OCH3 is 1. The summed E-state index contributed by atoms with van der Waals surface area (Å²) in [5, 5.41) is 0.616. The minimum Gasteiger partial charge on any atom is -0.496 e. The van der Waals surface area contributed by atoms with Crippen LogP contribution in [-0.4, -0.2) is 37.6 Å². The molecule has 0 bridgehead atoms. The molecule has 0 spiro atoms. The number of ether oxygens (including phenoxy) is 1. The number of benzene rings is 1. The van der Waals surface area contributed by atoms with Crippen molar-refractivity contribution in [1.82, 2.24) is 4.90 Å². The Hall–Kier alpha value is -1.26. The lowest BCUT2D eigenvalue weighted by molar-refractivity contribution is -0.129. The van der Waals surface area contributed by atoms with Crippen LogP contribution in [0.4, 0.5) is 0 Å². The summed E-state index contributed by atoms with van der Waals surface area (Å²) < 4.78 is 5.26. The number of carbonyl (C=O) groups excluding carboxylic acids is 1. The normalized spacial score (nSPS) is 18.7. The maximum absolute atomic E-state index is 12.2. The highest BCUT2D eigenvalue weighted by atomic mass is 35.5. The molecular weight excluding hydrogens is 264 g/mol. The maximum atomic E-state index is 12.2. The third-order valence-corrected chi connectivity index (χ3v) is 3.79. The van der Waals surface area contributed by atoms with E-state index in [0.717, 1.165) is 25.1 Å². The van der Waals surface area contributed by atoms with Gasteiger partial charge in [-0.1, -0.05) is 11.6 Å². The van der Waals surface area contributed by atoms with Crippen molar-refractivity contribution < 1.29 is 9.53 Å². The minimum atomic E-state index is 0.108. The molecule has 2 N–H and O–H groups in total. The van der Waals surface area contributed by atoms with E-state index < -0.39 is 0 Å². The molecule has 1 amide bonds. The Labute approximate surface area is 118 Å². The summed E-state index contributed by atoms with van der Waals surface area (Å²) in [6, 6.07) is 5.33. The van der Waals surface area contributed by atoms with Crippen LogP contribution < -0.4 is 10.5 Å². The molecule has 1 atom stereocenters. The van der Waals surface area contributed by atoms with Gasteiger partial charge in [0.2, 0.25) is 5.91 Å². The lowest BCUT2D eigenvalue weighted by Crippen LogP contribution is -2.31. The number of rotatable bonds is 4. The molecule has 4 nitrogen and oxygen atoms in total. The maximum Gasteiger partial charge on any atom is 0.227 e. The van der Waals surface area contributed by atoms with Gasteiger partial charge < -0.3 is 15.4 Å². The van der Waals surface area contributed by atoms with Crippen LogP contribution in [0.3, 0.4) is 0 Å². The third-order valence-electron chi connectivity index (χ3n) is 3.56. The van der Waals surface area contributed by atoms with E-state index in [0.29, 0.717) is 29.7 Å². The fourth-order valence-corrected chi connectivity index (χ4v) is 2.61. The number of amides is 1. The Bertz CT molecular complexity index is 465. The zero-order valence-electron chi connectivity index (χ0n) is 11.1. The number of carbonyl (C=O) groups is 1. The molecule has 1 aromatic rings. The van der Waals surface area contributed by atoms with Gasteiger partial charge in [0, 0.05) is 23.7 Å². The summed E-state index contributed by atoms with van der Waals surface area (Å²) in [6.45, 7) is 2.20. The van der Waals surface area contributed by atoms with E-state index in [1.165, 1.54) is 0 Å². The Morgan fingerprint density at radius 2 is 2.37 bits per heavy atom. The van der Waals surface area contributed by atoms with Crippen molar-refractivity contribution >= 4 is 17.5 Å². The second-order valence-electron chi connectivity index (χ2n) is 4.86. The van der Waals surface area contributed by atoms with Gasteiger partial charge in [-0.05, 0) is 37.1 Å². The van der Waals surface area contributed by atoms with Crippen molar-refractivity contribution in [2.24, 2.45) is 11.7 Å². The van der Waals surface area contributed by atoms with Crippen LogP contribution in [0.15, 0.2) is 18.2 Å². The van der Waals surface area contributed by atoms with Gasteiger partial charge in [0.05, 0.1) is 13.5 Å². The smallest absolute Gasteiger partial charge is 0.227 e. The van der Waals surface area contributed by atoms with E-state index in [2.05, 4.69) is 0 Å². The van der Waals surface area contributed by atoms with Gasteiger partial charge in [0.15, 0.2) is 0 Å². The zero-order valence-corrected chi connectivity index (χ0v) is 11.8. The van der Waals surface area contributed by atoms with Crippen molar-refractivity contribution in [2.45, 2.75) is 12.8 Å². The first kappa shape index (κ1) is 14.2. The molecule has 1 saturated heterocycles. The Kier molecular flexibility index (Phi) is 4.66. The summed E-state index contributed by atoms with van der Waals surface area (Å²) in [5.41, 5.74) is 6.47. The van der Waals surface area contributed by atoms with Crippen LogP contribution in [0.2, 0.25) is 5.02 Å². The highest BCUT2D eigenvalue weighted by Gasteiger charge is 2.25. The van der Waals surface area contributed by atoms with Gasteiger partial charge in [-0.3, -0.25) is 4.79 Å². The summed E-state index contributed by atoms with van der Waals surface area (Å²) in [5.74, 6) is 1.24. The van der Waals surface area contributed by atoms with Gasteiger partial charge in [-0.15, -0.1) is 0 Å². The predicted molar refractivity (Wildman–Crippen MR) is 75.4 cm³/mol. The van der Waals surface area contributed by atoms with Crippen molar-refractivity contribution in [3.63, 3.8) is 0 Å². The monoisotopic (exact) mass is 282 g/mol. The second kappa shape index (κ2) is 6.26. The molecule has 0 aromatic heterocycles. The second-order valence-corrected chi connectivity index (χ2v) is 5.30. The molecule has 1 fully saturated rings. The van der Waals surface area contributed by atoms with Crippen molar-refractivity contribution in [3.05, 3.63) is 28.8 Å². The van der Waals surface area contributed by atoms with E-state index in [4.69, 9.17) is 22.1 Å². The Balaban J connectivity index is 2.05. The molecule has 5 heteroatoms. The van der Waals surface area contributed by atoms with Gasteiger partial charge >= 0.3 is 0 Å². The molecule has 0 aliphatic carbocycles. The van der Waals surface area contributed by atoms with Gasteiger partial charge in [-0.25, -0.2) is 0 Å². The summed E-state index contributed by atoms with van der Waals surface area (Å²) in [7, 11) is 1.59. The van der Waals surface area contributed by atoms with E-state index in [-0.39, 0.29) is 5.91 Å². The number of hydrogen-bond donors (Lipinski definition) is 1. The van der Waals surface area contributed by atoms with Crippen LogP contribution in [0.25, 0.3) is 0 Å². The molecule has 1 aromatic carbocycles. The summed E-state index contributed by atoms with van der Waals surface area (Å²) in [6.07, 6.45) is 1.32. The van der Waals surface area contributed by atoms with Crippen molar-refractivity contribution in [2.75, 3.05) is 26.7 Å². The molecular formula is C14H19ClN2O2. The minimum absolute atomic E-state index is 0.108. The average molecular weight is 283 g/mol. The van der Waals surface area contributed by atoms with Crippen LogP contribution in [-0.2, 0) is 11.2 Å². The van der Waals surface area contributed by atoms with E-state index in [1.807, 2.05) is 4.90 Å². The average Bonchev–Trinajstić information content (AvgIpc) is 2.88. The standard InChI is InChI=1S/C14H19ClN2O2/c1-19-13-3-2-12(15)6-11(13)7-14(18)17-5-4-10(8-16)9-17/h2-3,6,10H,4-5,7-9,16H2,1H3/t10-/m1/s1. The highest BCUT2D eigenvalue weighted by Crippen LogP contribution is 2.24. The van der Waals surface area contributed by atoms with Crippen LogP contribution >= 0.6 is 11.6 Å². The molecule has 2 rings (SSSR count). The number of nitrogens with two attached hydrogens (primary N) is 1. The lowest BCUT2D eigenvalue weighted by Gasteiger charge is -2.17. The molecule has 1 aliphatic rings. The molecule has 1 aliphatic heterocycles. The Morgan fingerprint density at radius 1 is 1.58 bits per heavy atom. The van der Waals surface area contributed by atoms with E-state index in [9.17, 15) is 4.79 Å². The lowest BCUT2D eigenvalue weighted by atomic mass is 10.1. The first-order valence-corrected chi connectivity index (χ1v) is 6.82. The molecule has 0 saturated carbocycles. The first-order valence-electron chi connectivity index (χ1n) is 6.44. The summed E-state index contributed by atoms with van der Waals surface area (Å²) >= 11 is 5.97. The van der Waals surface area contributed by atoms with Gasteiger partial charge in [0.1, 0.15) is 5.75 Å². The number of likely N-dealkylation sites (tertiary alicyclic amines) is 1. The van der Waals surface area contributed by atoms with Crippen molar-refractivity contribution in [1.29, 1.82) is 0 Å². The fraction of sp³-hybridized carbons (Fsp3) is 0.500. The highest BCUT2D eigenvalue weighted by molar-refractivity contribution is 6.30. The largest absolute Gasteiger partial charge is 0.496 e. The molecule has 19 heavy (non-hydrogen) atoms. The van der Waals surface area contributed by atoms with Crippen LogP contribution in [0, 0.1) is 5.92 Å². The van der Waals surface area contributed by atoms with Crippen molar-refractivity contribution in [3.8, 4) is 5.75 Å². The van der Waals surface area contributed by atoms with Crippen LogP contribution in [0.1, 0.15) is 12.0 Å². The van der Waals surface area contributed by atoms with Gasteiger partial charge in [-0.2, -0.15) is 0 Å². The molecule has 1 heterocycles. The van der Waals surface area contributed by atoms with Gasteiger partial charge in [0.25, 0.3) is 0 Å². The van der Waals surface area contributed by atoms with E-state index in [1.54, 1.807) is 25.3 Å². The topological polar surface area (TPSA) is 55.6 Å². The predicted octanol–water partition coefficient (Wildman–Crippen LogP) is 1.70. The molecule has 104 valence electrons. The number of hydrogen-bond acceptors (Lipinski definition) is 3. The first-order chi connectivity index (χ1) is 9.13. The van der Waals surface area contributed by atoms with Crippen LogP contribution in [0.5, 0.6) is 5.75 Å². The van der Waals surface area contributed by atoms with E-state index >= 15 is 0 Å². The Morgan fingerprint density at radius 3 is 3.00 bits per heavy atom. The molecule has 0 unspecified atom stereocenters. The zero-order chi connectivity index (χ0) is 13.8. The number of halogens is 1. The quantitative estimate of drug-likeness (QED) is 0.914. The summed E-state index contributed by atoms with van der Waals surface area (Å²) in [4.78, 5) is 14.1. The number of nitrogens with zero attached hydrogens (tertiary/aromatic N) is 1.